The lowest BCUT2D eigenvalue weighted by atomic mass is 9.84. The van der Waals surface area contributed by atoms with E-state index in [4.69, 9.17) is 37.8 Å². The molecule has 8 heteroatoms. The van der Waals surface area contributed by atoms with Crippen LogP contribution in [-0.2, 0) is 5.41 Å². The normalized spacial score (nSPS) is 18.6. The summed E-state index contributed by atoms with van der Waals surface area (Å²) in [4.78, 5) is 9.36. The summed E-state index contributed by atoms with van der Waals surface area (Å²) in [5, 5.41) is 10.4. The second-order valence-corrected chi connectivity index (χ2v) is 11.0. The van der Waals surface area contributed by atoms with Crippen LogP contribution in [0.2, 0.25) is 10.0 Å². The molecular formula is C29H35Cl2N3O3. The van der Waals surface area contributed by atoms with Crippen LogP contribution >= 0.6 is 23.2 Å². The Morgan fingerprint density at radius 3 is 2.43 bits per heavy atom. The van der Waals surface area contributed by atoms with Gasteiger partial charge in [-0.25, -0.2) is 4.98 Å². The lowest BCUT2D eigenvalue weighted by Gasteiger charge is -2.49. The van der Waals surface area contributed by atoms with Crippen molar-refractivity contribution in [2.45, 2.75) is 38.3 Å². The first-order valence-corrected chi connectivity index (χ1v) is 13.3. The van der Waals surface area contributed by atoms with Crippen molar-refractivity contribution in [1.29, 1.82) is 0 Å². The molecule has 0 radical (unpaired) electrons. The number of hydrogen-bond acceptors (Lipinski definition) is 6. The number of ether oxygens (including phenoxy) is 2. The molecule has 6 nitrogen and oxygen atoms in total. The predicted molar refractivity (Wildman–Crippen MR) is 150 cm³/mol. The van der Waals surface area contributed by atoms with Crippen molar-refractivity contribution in [3.05, 3.63) is 82.0 Å². The summed E-state index contributed by atoms with van der Waals surface area (Å²) < 4.78 is 10.8. The molecular weight excluding hydrogens is 509 g/mol. The summed E-state index contributed by atoms with van der Waals surface area (Å²) in [6.07, 6.45) is 1.91. The average Bonchev–Trinajstić information content (AvgIpc) is 2.88. The van der Waals surface area contributed by atoms with E-state index in [1.54, 1.807) is 7.11 Å². The monoisotopic (exact) mass is 543 g/mol. The standard InChI is InChI=1S/C29H35Cl2N3O3/c1-20-17-33(19-29(2,3)22-7-12-28(36-4)32-16-22)18-27(21-5-8-23(30)9-6-21)34(20)26-11-10-24(15-25(26)31)37-14-13-35/h5-12,15-16,20,27,35H,13-14,17-19H2,1-4H3/t20-,27-/m0/s1. The molecule has 0 aliphatic carbocycles. The van der Waals surface area contributed by atoms with Crippen molar-refractivity contribution in [2.24, 2.45) is 0 Å². The second kappa shape index (κ2) is 11.9. The largest absolute Gasteiger partial charge is 0.491 e. The Kier molecular flexibility index (Phi) is 8.86. The molecule has 1 N–H and O–H groups in total. The zero-order valence-electron chi connectivity index (χ0n) is 21.8. The number of methoxy groups -OCH3 is 1. The van der Waals surface area contributed by atoms with E-state index < -0.39 is 0 Å². The molecule has 37 heavy (non-hydrogen) atoms. The smallest absolute Gasteiger partial charge is 0.212 e. The van der Waals surface area contributed by atoms with Crippen LogP contribution in [0.3, 0.4) is 0 Å². The summed E-state index contributed by atoms with van der Waals surface area (Å²) in [5.74, 6) is 1.27. The Bertz CT molecular complexity index is 1170. The third-order valence-electron chi connectivity index (χ3n) is 6.92. The molecule has 1 aliphatic heterocycles. The van der Waals surface area contributed by atoms with Gasteiger partial charge in [-0.3, -0.25) is 4.90 Å². The number of piperazine rings is 1. The van der Waals surface area contributed by atoms with Crippen molar-refractivity contribution in [1.82, 2.24) is 9.88 Å². The van der Waals surface area contributed by atoms with Gasteiger partial charge in [0.15, 0.2) is 0 Å². The number of aliphatic hydroxyl groups is 1. The number of nitrogens with zero attached hydrogens (tertiary/aromatic N) is 3. The molecule has 1 saturated heterocycles. The van der Waals surface area contributed by atoms with E-state index in [2.05, 4.69) is 53.8 Å². The molecule has 4 rings (SSSR count). The van der Waals surface area contributed by atoms with Crippen LogP contribution in [0.4, 0.5) is 5.69 Å². The van der Waals surface area contributed by atoms with Crippen LogP contribution in [0.15, 0.2) is 60.8 Å². The molecule has 1 aromatic heterocycles. The van der Waals surface area contributed by atoms with Crippen molar-refractivity contribution in [3.63, 3.8) is 0 Å². The fourth-order valence-corrected chi connectivity index (χ4v) is 5.56. The van der Waals surface area contributed by atoms with Gasteiger partial charge in [0.25, 0.3) is 0 Å². The van der Waals surface area contributed by atoms with Gasteiger partial charge in [0.1, 0.15) is 12.4 Å². The summed E-state index contributed by atoms with van der Waals surface area (Å²) in [6, 6.07) is 18.1. The van der Waals surface area contributed by atoms with Crippen LogP contribution in [0.5, 0.6) is 11.6 Å². The van der Waals surface area contributed by atoms with E-state index >= 15 is 0 Å². The van der Waals surface area contributed by atoms with E-state index in [0.717, 1.165) is 25.3 Å². The van der Waals surface area contributed by atoms with Crippen molar-refractivity contribution < 1.29 is 14.6 Å². The zero-order chi connectivity index (χ0) is 26.6. The minimum atomic E-state index is -0.102. The highest BCUT2D eigenvalue weighted by Crippen LogP contribution is 2.40. The predicted octanol–water partition coefficient (Wildman–Crippen LogP) is 6.00. The number of aliphatic hydroxyl groups excluding tert-OH is 1. The molecule has 198 valence electrons. The fourth-order valence-electron chi connectivity index (χ4n) is 5.16. The first-order valence-electron chi connectivity index (χ1n) is 12.5. The SMILES string of the molecule is COc1ccc(C(C)(C)CN2C[C@H](C)N(c3ccc(OCCO)cc3Cl)[C@H](c3ccc(Cl)cc3)C2)cn1. The molecule has 3 aromatic rings. The van der Waals surface area contributed by atoms with Crippen LogP contribution in [0.25, 0.3) is 0 Å². The molecule has 2 atom stereocenters. The van der Waals surface area contributed by atoms with Crippen LogP contribution in [0, 0.1) is 0 Å². The van der Waals surface area contributed by atoms with E-state index in [9.17, 15) is 0 Å². The molecule has 1 fully saturated rings. The lowest BCUT2D eigenvalue weighted by Crippen LogP contribution is -2.55. The maximum Gasteiger partial charge on any atom is 0.212 e. The Balaban J connectivity index is 1.62. The van der Waals surface area contributed by atoms with Crippen molar-refractivity contribution in [3.8, 4) is 11.6 Å². The number of halogens is 2. The van der Waals surface area contributed by atoms with Crippen LogP contribution in [-0.4, -0.2) is 61.0 Å². The Labute approximate surface area is 229 Å². The molecule has 0 spiro atoms. The molecule has 0 saturated carbocycles. The molecule has 2 heterocycles. The number of anilines is 1. The number of hydrogen-bond donors (Lipinski definition) is 1. The average molecular weight is 545 g/mol. The van der Waals surface area contributed by atoms with Gasteiger partial charge < -0.3 is 19.5 Å². The summed E-state index contributed by atoms with van der Waals surface area (Å²) in [6.45, 7) is 9.54. The van der Waals surface area contributed by atoms with E-state index in [1.807, 2.05) is 42.6 Å². The minimum absolute atomic E-state index is 0.0417. The van der Waals surface area contributed by atoms with Crippen molar-refractivity contribution in [2.75, 3.05) is 44.9 Å². The Hall–Kier alpha value is -2.51. The second-order valence-electron chi connectivity index (χ2n) is 10.2. The van der Waals surface area contributed by atoms with E-state index in [1.165, 1.54) is 11.1 Å². The number of rotatable bonds is 9. The van der Waals surface area contributed by atoms with Gasteiger partial charge in [0.2, 0.25) is 5.88 Å². The third kappa shape index (κ3) is 6.50. The molecule has 0 amide bonds. The summed E-state index contributed by atoms with van der Waals surface area (Å²) in [5.41, 5.74) is 3.22. The van der Waals surface area contributed by atoms with E-state index in [-0.39, 0.29) is 30.7 Å². The van der Waals surface area contributed by atoms with Gasteiger partial charge in [-0.15, -0.1) is 0 Å². The van der Waals surface area contributed by atoms with Gasteiger partial charge in [0, 0.05) is 54.4 Å². The van der Waals surface area contributed by atoms with Gasteiger partial charge in [-0.1, -0.05) is 55.2 Å². The minimum Gasteiger partial charge on any atom is -0.491 e. The van der Waals surface area contributed by atoms with Gasteiger partial charge in [-0.05, 0) is 42.3 Å². The summed E-state index contributed by atoms with van der Waals surface area (Å²) >= 11 is 13.0. The Morgan fingerprint density at radius 1 is 1.05 bits per heavy atom. The highest BCUT2D eigenvalue weighted by atomic mass is 35.5. The molecule has 1 aliphatic rings. The summed E-state index contributed by atoms with van der Waals surface area (Å²) in [7, 11) is 1.63. The number of benzene rings is 2. The highest BCUT2D eigenvalue weighted by molar-refractivity contribution is 6.33. The van der Waals surface area contributed by atoms with Crippen molar-refractivity contribution >= 4 is 28.9 Å². The lowest BCUT2D eigenvalue weighted by molar-refractivity contribution is 0.163. The Morgan fingerprint density at radius 2 is 1.81 bits per heavy atom. The quantitative estimate of drug-likeness (QED) is 0.357. The highest BCUT2D eigenvalue weighted by Gasteiger charge is 2.36. The van der Waals surface area contributed by atoms with Gasteiger partial charge in [-0.2, -0.15) is 0 Å². The first kappa shape index (κ1) is 27.5. The van der Waals surface area contributed by atoms with Gasteiger partial charge in [0.05, 0.1) is 30.5 Å². The first-order chi connectivity index (χ1) is 17.7. The molecule has 0 bridgehead atoms. The molecule has 2 aromatic carbocycles. The maximum atomic E-state index is 9.08. The molecule has 0 unspecified atom stereocenters. The van der Waals surface area contributed by atoms with Crippen LogP contribution < -0.4 is 14.4 Å². The topological polar surface area (TPSA) is 58.1 Å². The third-order valence-corrected chi connectivity index (χ3v) is 7.48. The van der Waals surface area contributed by atoms with Crippen LogP contribution in [0.1, 0.15) is 37.9 Å². The number of aromatic nitrogens is 1. The van der Waals surface area contributed by atoms with E-state index in [0.29, 0.717) is 21.7 Å². The fraction of sp³-hybridized carbons (Fsp3) is 0.414. The van der Waals surface area contributed by atoms with Gasteiger partial charge >= 0.3 is 0 Å². The number of pyridine rings is 1. The zero-order valence-corrected chi connectivity index (χ0v) is 23.3. The maximum absolute atomic E-state index is 9.08.